The Labute approximate surface area is 217 Å². The number of hydrogen-bond acceptors (Lipinski definition) is 7. The Morgan fingerprint density at radius 3 is 2.15 bits per heavy atom. The normalized spacial score (nSPS) is 17.3. The molecular formula is C22H20F6N4O6S. The minimum absolute atomic E-state index is 0.0884. The van der Waals surface area contributed by atoms with E-state index in [2.05, 4.69) is 16.8 Å². The molecular weight excluding hydrogens is 562 g/mol. The maximum atomic E-state index is 13.2. The van der Waals surface area contributed by atoms with Crippen molar-refractivity contribution in [2.45, 2.75) is 28.9 Å². The number of anilines is 2. The molecule has 0 aliphatic carbocycles. The molecule has 3 rings (SSSR count). The summed E-state index contributed by atoms with van der Waals surface area (Å²) >= 11 is 0. The number of aliphatic hydroxyl groups excluding tert-OH is 1. The van der Waals surface area contributed by atoms with Gasteiger partial charge in [0.1, 0.15) is 23.4 Å². The molecule has 0 spiro atoms. The molecule has 1 unspecified atom stereocenters. The SMILES string of the molecule is O=C(O)Nc1ccc(S(=O)(=O)N2CCN(c3ccc(C(O)(C(F)(F)F)C(F)(F)F)cc3)C(C#CCO)C2)cn1. The zero-order valence-electron chi connectivity index (χ0n) is 19.5. The minimum Gasteiger partial charge on any atom is -0.465 e. The minimum atomic E-state index is -6.06. The number of piperazine rings is 1. The van der Waals surface area contributed by atoms with Crippen LogP contribution < -0.4 is 10.2 Å². The Bertz CT molecular complexity index is 1340. The molecule has 1 amide bonds. The molecule has 2 heterocycles. The van der Waals surface area contributed by atoms with Crippen LogP contribution in [-0.2, 0) is 15.6 Å². The first-order valence-corrected chi connectivity index (χ1v) is 12.2. The molecule has 10 nitrogen and oxygen atoms in total. The van der Waals surface area contributed by atoms with Crippen molar-refractivity contribution >= 4 is 27.6 Å². The number of rotatable bonds is 5. The van der Waals surface area contributed by atoms with E-state index in [1.165, 1.54) is 4.90 Å². The number of amides is 1. The van der Waals surface area contributed by atoms with Crippen molar-refractivity contribution < 1.29 is 54.9 Å². The first kappa shape index (κ1) is 30.0. The highest BCUT2D eigenvalue weighted by Gasteiger charge is 2.71. The van der Waals surface area contributed by atoms with E-state index >= 15 is 0 Å². The van der Waals surface area contributed by atoms with Gasteiger partial charge in [-0.1, -0.05) is 24.0 Å². The van der Waals surface area contributed by atoms with Gasteiger partial charge in [-0.3, -0.25) is 5.32 Å². The number of benzene rings is 1. The second kappa shape index (κ2) is 10.9. The van der Waals surface area contributed by atoms with Gasteiger partial charge in [-0.25, -0.2) is 18.2 Å². The van der Waals surface area contributed by atoms with Crippen LogP contribution in [0.1, 0.15) is 5.56 Å². The Hall–Kier alpha value is -3.59. The van der Waals surface area contributed by atoms with E-state index < -0.39 is 52.3 Å². The largest absolute Gasteiger partial charge is 0.465 e. The van der Waals surface area contributed by atoms with Gasteiger partial charge in [0.05, 0.1) is 0 Å². The smallest absolute Gasteiger partial charge is 0.430 e. The number of aliphatic hydroxyl groups is 2. The van der Waals surface area contributed by atoms with Crippen LogP contribution in [0.2, 0.25) is 0 Å². The van der Waals surface area contributed by atoms with E-state index in [0.717, 1.165) is 34.8 Å². The van der Waals surface area contributed by atoms with Gasteiger partial charge >= 0.3 is 18.4 Å². The Morgan fingerprint density at radius 1 is 1.05 bits per heavy atom. The number of pyridine rings is 1. The fourth-order valence-electron chi connectivity index (χ4n) is 3.82. The number of alkyl halides is 6. The second-order valence-electron chi connectivity index (χ2n) is 8.11. The van der Waals surface area contributed by atoms with Crippen molar-refractivity contribution in [3.05, 3.63) is 48.2 Å². The third kappa shape index (κ3) is 6.03. The number of carboxylic acid groups (broad SMARTS) is 1. The molecule has 17 heteroatoms. The molecule has 0 radical (unpaired) electrons. The number of nitrogens with zero attached hydrogens (tertiary/aromatic N) is 3. The quantitative estimate of drug-likeness (QED) is 0.311. The number of hydrogen-bond donors (Lipinski definition) is 4. The van der Waals surface area contributed by atoms with E-state index in [9.17, 15) is 44.7 Å². The lowest BCUT2D eigenvalue weighted by Crippen LogP contribution is -2.55. The number of sulfonamides is 1. The van der Waals surface area contributed by atoms with Crippen LogP contribution in [0.4, 0.5) is 42.6 Å². The Kier molecular flexibility index (Phi) is 8.36. The van der Waals surface area contributed by atoms with Crippen molar-refractivity contribution in [3.63, 3.8) is 0 Å². The molecule has 1 aliphatic heterocycles. The lowest BCUT2D eigenvalue weighted by Gasteiger charge is -2.40. The van der Waals surface area contributed by atoms with Gasteiger partial charge in [-0.05, 0) is 24.3 Å². The van der Waals surface area contributed by atoms with Gasteiger partial charge in [-0.2, -0.15) is 30.6 Å². The lowest BCUT2D eigenvalue weighted by atomic mass is 9.92. The highest BCUT2D eigenvalue weighted by molar-refractivity contribution is 7.89. The average molecular weight is 582 g/mol. The topological polar surface area (TPSA) is 143 Å². The van der Waals surface area contributed by atoms with E-state index in [1.54, 1.807) is 0 Å². The average Bonchev–Trinajstić information content (AvgIpc) is 2.85. The van der Waals surface area contributed by atoms with Crippen LogP contribution >= 0.6 is 0 Å². The number of carbonyl (C=O) groups is 1. The molecule has 1 aromatic carbocycles. The van der Waals surface area contributed by atoms with Gasteiger partial charge in [0, 0.05) is 37.1 Å². The highest BCUT2D eigenvalue weighted by Crippen LogP contribution is 2.50. The summed E-state index contributed by atoms with van der Waals surface area (Å²) in [4.78, 5) is 15.6. The molecule has 1 saturated heterocycles. The van der Waals surface area contributed by atoms with Crippen LogP contribution in [-0.4, -0.2) is 83.8 Å². The molecule has 2 aromatic rings. The lowest BCUT2D eigenvalue weighted by molar-refractivity contribution is -0.376. The van der Waals surface area contributed by atoms with Gasteiger partial charge in [0.25, 0.3) is 5.60 Å². The van der Waals surface area contributed by atoms with Gasteiger partial charge in [-0.15, -0.1) is 0 Å². The van der Waals surface area contributed by atoms with E-state index in [0.29, 0.717) is 12.1 Å². The van der Waals surface area contributed by atoms with Gasteiger partial charge in [0.15, 0.2) is 0 Å². The molecule has 4 N–H and O–H groups in total. The first-order valence-electron chi connectivity index (χ1n) is 10.8. The molecule has 1 aromatic heterocycles. The van der Waals surface area contributed by atoms with Crippen molar-refractivity contribution in [1.82, 2.24) is 9.29 Å². The van der Waals surface area contributed by atoms with Crippen molar-refractivity contribution in [1.29, 1.82) is 0 Å². The fraction of sp³-hybridized carbons (Fsp3) is 0.364. The summed E-state index contributed by atoms with van der Waals surface area (Å²) in [6.45, 7) is -1.19. The van der Waals surface area contributed by atoms with Crippen molar-refractivity contribution in [2.75, 3.05) is 36.5 Å². The number of nitrogens with one attached hydrogen (secondary N) is 1. The summed E-state index contributed by atoms with van der Waals surface area (Å²) in [6, 6.07) is 4.03. The van der Waals surface area contributed by atoms with Crippen molar-refractivity contribution in [2.24, 2.45) is 0 Å². The monoisotopic (exact) mass is 582 g/mol. The standard InChI is InChI=1S/C22H20F6N4O6S/c23-21(24,25)20(36,22(26,27)28)14-3-5-15(6-4-14)32-10-9-31(13-16(32)2-1-11-33)39(37,38)17-7-8-18(29-12-17)30-19(34)35/h3-8,12,16,33,36H,9-11,13H2,(H,29,30)(H,34,35). The number of halogens is 6. The fourth-order valence-corrected chi connectivity index (χ4v) is 5.20. The first-order chi connectivity index (χ1) is 18.0. The van der Waals surface area contributed by atoms with Crippen LogP contribution in [0.5, 0.6) is 0 Å². The summed E-state index contributed by atoms with van der Waals surface area (Å²) in [5, 5.41) is 29.4. The summed E-state index contributed by atoms with van der Waals surface area (Å²) < 4.78 is 106. The van der Waals surface area contributed by atoms with Gasteiger partial charge < -0.3 is 20.2 Å². The molecule has 0 saturated carbocycles. The predicted molar refractivity (Wildman–Crippen MR) is 123 cm³/mol. The van der Waals surface area contributed by atoms with Crippen molar-refractivity contribution in [3.8, 4) is 11.8 Å². The molecule has 1 fully saturated rings. The predicted octanol–water partition coefficient (Wildman–Crippen LogP) is 2.36. The highest BCUT2D eigenvalue weighted by atomic mass is 32.2. The molecule has 0 bridgehead atoms. The number of aromatic nitrogens is 1. The third-order valence-electron chi connectivity index (χ3n) is 5.74. The zero-order chi connectivity index (χ0) is 29.2. The Morgan fingerprint density at radius 2 is 1.67 bits per heavy atom. The molecule has 212 valence electrons. The molecule has 1 atom stereocenters. The zero-order valence-corrected chi connectivity index (χ0v) is 20.3. The summed E-state index contributed by atoms with van der Waals surface area (Å²) in [6.07, 6.45) is -12.6. The summed E-state index contributed by atoms with van der Waals surface area (Å²) in [5.74, 6) is 4.86. The van der Waals surface area contributed by atoms with Crippen LogP contribution in [0.3, 0.4) is 0 Å². The Balaban J connectivity index is 1.89. The summed E-state index contributed by atoms with van der Waals surface area (Å²) in [5.41, 5.74) is -6.48. The van der Waals surface area contributed by atoms with E-state index in [1.807, 2.05) is 5.32 Å². The van der Waals surface area contributed by atoms with Crippen LogP contribution in [0.25, 0.3) is 0 Å². The maximum Gasteiger partial charge on any atom is 0.430 e. The van der Waals surface area contributed by atoms with Crippen LogP contribution in [0.15, 0.2) is 47.5 Å². The third-order valence-corrected chi connectivity index (χ3v) is 7.59. The summed E-state index contributed by atoms with van der Waals surface area (Å²) in [7, 11) is -4.17. The second-order valence-corrected chi connectivity index (χ2v) is 10.1. The maximum absolute atomic E-state index is 13.2. The van der Waals surface area contributed by atoms with Gasteiger partial charge in [0.2, 0.25) is 10.0 Å². The van der Waals surface area contributed by atoms with E-state index in [4.69, 9.17) is 10.2 Å². The van der Waals surface area contributed by atoms with E-state index in [-0.39, 0.29) is 36.0 Å². The van der Waals surface area contributed by atoms with Crippen LogP contribution in [0, 0.1) is 11.8 Å². The molecule has 39 heavy (non-hydrogen) atoms. The molecule has 1 aliphatic rings.